The first-order valence-electron chi connectivity index (χ1n) is 9.03. The summed E-state index contributed by atoms with van der Waals surface area (Å²) >= 11 is 3.74. The van der Waals surface area contributed by atoms with Gasteiger partial charge in [-0.05, 0) is 80.0 Å². The molecule has 21 heavy (non-hydrogen) atoms. The summed E-state index contributed by atoms with van der Waals surface area (Å²) in [5.74, 6) is 2.81. The molecule has 4 aliphatic rings. The van der Waals surface area contributed by atoms with Crippen LogP contribution in [0, 0.1) is 28.6 Å². The summed E-state index contributed by atoms with van der Waals surface area (Å²) in [4.78, 5) is 0. The van der Waals surface area contributed by atoms with Gasteiger partial charge in [0.05, 0.1) is 6.10 Å². The number of aliphatic hydroxyl groups excluding tert-OH is 1. The highest BCUT2D eigenvalue weighted by molar-refractivity contribution is 9.11. The maximum absolute atomic E-state index is 10.2. The van der Waals surface area contributed by atoms with Crippen molar-refractivity contribution in [3.63, 3.8) is 0 Å². The quantitative estimate of drug-likeness (QED) is 0.616. The molecule has 0 aromatic rings. The molecule has 118 valence electrons. The van der Waals surface area contributed by atoms with Crippen LogP contribution in [0.25, 0.3) is 0 Å². The molecule has 0 radical (unpaired) electrons. The van der Waals surface area contributed by atoms with E-state index in [0.29, 0.717) is 10.8 Å². The number of hydrogen-bond donors (Lipinski definition) is 1. The molecule has 0 saturated heterocycles. The lowest BCUT2D eigenvalue weighted by molar-refractivity contribution is -0.0415. The number of rotatable bonds is 0. The largest absolute Gasteiger partial charge is 0.388 e. The van der Waals surface area contributed by atoms with E-state index < -0.39 is 0 Å². The summed E-state index contributed by atoms with van der Waals surface area (Å²) in [6.45, 7) is 5.10. The molecule has 4 rings (SSSR count). The maximum atomic E-state index is 10.2. The average molecular weight is 353 g/mol. The molecule has 3 fully saturated rings. The molecular weight excluding hydrogens is 324 g/mol. The van der Waals surface area contributed by atoms with E-state index >= 15 is 0 Å². The number of halogens is 1. The van der Waals surface area contributed by atoms with Crippen molar-refractivity contribution in [3.05, 3.63) is 10.1 Å². The topological polar surface area (TPSA) is 20.2 Å². The Morgan fingerprint density at radius 2 is 1.81 bits per heavy atom. The second-order valence-corrected chi connectivity index (χ2v) is 9.65. The fourth-order valence-electron chi connectivity index (χ4n) is 6.79. The highest BCUT2D eigenvalue weighted by atomic mass is 79.9. The standard InChI is InChI=1S/C19H29BrO/c1-18-9-3-4-13(18)12-5-6-15-17(20)16(21)8-11-19(15,2)14(12)7-10-18/h12-14,16,21H,3-11H2,1-2H3/t12?,13?,14?,16?,18?,19-/m1/s1. The summed E-state index contributed by atoms with van der Waals surface area (Å²) in [6.07, 6.45) is 11.8. The SMILES string of the molecule is CC12CCCC1C1CCC3=C(Br)C(O)CC[C@]3(C)C1CC2. The molecule has 1 nitrogen and oxygen atoms in total. The van der Waals surface area contributed by atoms with Crippen LogP contribution in [0.2, 0.25) is 0 Å². The number of hydrogen-bond acceptors (Lipinski definition) is 1. The molecular formula is C19H29BrO. The van der Waals surface area contributed by atoms with Crippen molar-refractivity contribution in [3.8, 4) is 0 Å². The highest BCUT2D eigenvalue weighted by Crippen LogP contribution is 2.66. The van der Waals surface area contributed by atoms with E-state index in [1.54, 1.807) is 5.57 Å². The van der Waals surface area contributed by atoms with Crippen molar-refractivity contribution in [1.82, 2.24) is 0 Å². The minimum atomic E-state index is -0.232. The Balaban J connectivity index is 1.71. The van der Waals surface area contributed by atoms with Crippen molar-refractivity contribution < 1.29 is 5.11 Å². The van der Waals surface area contributed by atoms with Crippen LogP contribution < -0.4 is 0 Å². The predicted octanol–water partition coefficient (Wildman–Crippen LogP) is 5.42. The van der Waals surface area contributed by atoms with Gasteiger partial charge in [0, 0.05) is 4.48 Å². The average Bonchev–Trinajstić information content (AvgIpc) is 2.85. The minimum absolute atomic E-state index is 0.232. The predicted molar refractivity (Wildman–Crippen MR) is 90.2 cm³/mol. The van der Waals surface area contributed by atoms with E-state index in [-0.39, 0.29) is 6.10 Å². The van der Waals surface area contributed by atoms with Gasteiger partial charge in [0.25, 0.3) is 0 Å². The number of fused-ring (bicyclic) bond motifs is 5. The van der Waals surface area contributed by atoms with Crippen molar-refractivity contribution in [2.45, 2.75) is 77.7 Å². The third kappa shape index (κ3) is 1.97. The van der Waals surface area contributed by atoms with Crippen LogP contribution in [-0.4, -0.2) is 11.2 Å². The number of aliphatic hydroxyl groups is 1. The lowest BCUT2D eigenvalue weighted by Gasteiger charge is -2.58. The smallest absolute Gasteiger partial charge is 0.0854 e. The molecule has 0 amide bonds. The third-order valence-corrected chi connectivity index (χ3v) is 8.98. The second kappa shape index (κ2) is 4.84. The Hall–Kier alpha value is 0.180. The van der Waals surface area contributed by atoms with Crippen LogP contribution in [0.4, 0.5) is 0 Å². The van der Waals surface area contributed by atoms with Crippen LogP contribution in [0.3, 0.4) is 0 Å². The van der Waals surface area contributed by atoms with E-state index in [4.69, 9.17) is 0 Å². The van der Waals surface area contributed by atoms with Crippen LogP contribution in [-0.2, 0) is 0 Å². The summed E-state index contributed by atoms with van der Waals surface area (Å²) in [5, 5.41) is 10.2. The first-order valence-corrected chi connectivity index (χ1v) is 9.82. The Morgan fingerprint density at radius 1 is 1.00 bits per heavy atom. The monoisotopic (exact) mass is 352 g/mol. The fourth-order valence-corrected chi connectivity index (χ4v) is 7.67. The van der Waals surface area contributed by atoms with E-state index in [2.05, 4.69) is 29.8 Å². The summed E-state index contributed by atoms with van der Waals surface area (Å²) < 4.78 is 1.15. The van der Waals surface area contributed by atoms with Gasteiger partial charge in [0.1, 0.15) is 0 Å². The normalized spacial score (nSPS) is 53.1. The van der Waals surface area contributed by atoms with Crippen LogP contribution in [0.15, 0.2) is 10.1 Å². The molecule has 0 spiro atoms. The zero-order valence-corrected chi connectivity index (χ0v) is 15.1. The Labute approximate surface area is 137 Å². The first-order chi connectivity index (χ1) is 9.96. The van der Waals surface area contributed by atoms with Gasteiger partial charge in [-0.1, -0.05) is 41.8 Å². The summed E-state index contributed by atoms with van der Waals surface area (Å²) in [5.41, 5.74) is 2.60. The molecule has 6 atom stereocenters. The van der Waals surface area contributed by atoms with E-state index in [1.807, 2.05) is 0 Å². The van der Waals surface area contributed by atoms with Crippen LogP contribution in [0.1, 0.15) is 71.6 Å². The van der Waals surface area contributed by atoms with Crippen LogP contribution >= 0.6 is 15.9 Å². The molecule has 0 aliphatic heterocycles. The summed E-state index contributed by atoms with van der Waals surface area (Å²) in [7, 11) is 0. The van der Waals surface area contributed by atoms with Gasteiger partial charge in [-0.15, -0.1) is 0 Å². The maximum Gasteiger partial charge on any atom is 0.0854 e. The third-order valence-electron chi connectivity index (χ3n) is 7.97. The molecule has 5 unspecified atom stereocenters. The molecule has 0 bridgehead atoms. The van der Waals surface area contributed by atoms with Crippen LogP contribution in [0.5, 0.6) is 0 Å². The number of allylic oxidation sites excluding steroid dienone is 1. The minimum Gasteiger partial charge on any atom is -0.388 e. The lowest BCUT2D eigenvalue weighted by atomic mass is 9.47. The summed E-state index contributed by atoms with van der Waals surface area (Å²) in [6, 6.07) is 0. The van der Waals surface area contributed by atoms with Gasteiger partial charge in [-0.25, -0.2) is 0 Å². The van der Waals surface area contributed by atoms with Gasteiger partial charge in [0.2, 0.25) is 0 Å². The van der Waals surface area contributed by atoms with Gasteiger partial charge in [0.15, 0.2) is 0 Å². The van der Waals surface area contributed by atoms with Crippen molar-refractivity contribution in [2.24, 2.45) is 28.6 Å². The van der Waals surface area contributed by atoms with Gasteiger partial charge >= 0.3 is 0 Å². The molecule has 0 heterocycles. The first kappa shape index (κ1) is 14.8. The Kier molecular flexibility index (Phi) is 3.40. The molecule has 3 saturated carbocycles. The molecule has 1 N–H and O–H groups in total. The Morgan fingerprint density at radius 3 is 2.62 bits per heavy atom. The molecule has 2 heteroatoms. The highest BCUT2D eigenvalue weighted by Gasteiger charge is 2.56. The van der Waals surface area contributed by atoms with Crippen molar-refractivity contribution in [2.75, 3.05) is 0 Å². The van der Waals surface area contributed by atoms with Crippen molar-refractivity contribution >= 4 is 15.9 Å². The van der Waals surface area contributed by atoms with E-state index in [0.717, 1.165) is 28.7 Å². The molecule has 0 aromatic heterocycles. The zero-order chi connectivity index (χ0) is 14.8. The molecule has 4 aliphatic carbocycles. The lowest BCUT2D eigenvalue weighted by Crippen LogP contribution is -2.50. The second-order valence-electron chi connectivity index (χ2n) is 8.80. The van der Waals surface area contributed by atoms with E-state index in [1.165, 1.54) is 51.4 Å². The van der Waals surface area contributed by atoms with E-state index in [9.17, 15) is 5.11 Å². The molecule has 0 aromatic carbocycles. The van der Waals surface area contributed by atoms with Gasteiger partial charge in [-0.3, -0.25) is 0 Å². The van der Waals surface area contributed by atoms with Crippen molar-refractivity contribution in [1.29, 1.82) is 0 Å². The van der Waals surface area contributed by atoms with Gasteiger partial charge in [-0.2, -0.15) is 0 Å². The Bertz CT molecular complexity index is 484. The zero-order valence-electron chi connectivity index (χ0n) is 13.5. The van der Waals surface area contributed by atoms with Gasteiger partial charge < -0.3 is 5.11 Å². The fraction of sp³-hybridized carbons (Fsp3) is 0.895.